The molecule has 0 bridgehead atoms. The van der Waals surface area contributed by atoms with Gasteiger partial charge in [-0.1, -0.05) is 24.3 Å². The minimum Gasteiger partial charge on any atom is -0.458 e. The number of ether oxygens (including phenoxy) is 1. The minimum atomic E-state index is -2.42. The lowest BCUT2D eigenvalue weighted by Crippen LogP contribution is -2.51. The summed E-state index contributed by atoms with van der Waals surface area (Å²) in [6.07, 6.45) is 1.85. The van der Waals surface area contributed by atoms with Crippen molar-refractivity contribution in [1.29, 1.82) is 0 Å². The molecule has 134 valence electrons. The van der Waals surface area contributed by atoms with Crippen molar-refractivity contribution in [3.63, 3.8) is 0 Å². The third-order valence-corrected chi connectivity index (χ3v) is 11.7. The molecule has 1 aromatic rings. The Labute approximate surface area is 149 Å². The first kappa shape index (κ1) is 21.0. The van der Waals surface area contributed by atoms with E-state index in [1.54, 1.807) is 12.1 Å². The second kappa shape index (κ2) is 8.39. The fourth-order valence-electron chi connectivity index (χ4n) is 2.35. The van der Waals surface area contributed by atoms with E-state index < -0.39 is 25.2 Å². The van der Waals surface area contributed by atoms with Crippen LogP contribution in [0.5, 0.6) is 0 Å². The Balaban J connectivity index is 2.69. The van der Waals surface area contributed by atoms with Gasteiger partial charge < -0.3 is 13.0 Å². The molecule has 0 aliphatic carbocycles. The first-order chi connectivity index (χ1) is 10.9. The van der Waals surface area contributed by atoms with Crippen LogP contribution in [-0.4, -0.2) is 37.8 Å². The van der Waals surface area contributed by atoms with Gasteiger partial charge >= 0.3 is 14.5 Å². The maximum atomic E-state index is 11.9. The van der Waals surface area contributed by atoms with Gasteiger partial charge in [-0.2, -0.15) is 0 Å². The molecule has 0 aromatic heterocycles. The van der Waals surface area contributed by atoms with Gasteiger partial charge in [-0.15, -0.1) is 0 Å². The van der Waals surface area contributed by atoms with Gasteiger partial charge in [0.2, 0.25) is 0 Å². The van der Waals surface area contributed by atoms with Crippen LogP contribution in [-0.2, 0) is 13.0 Å². The summed E-state index contributed by atoms with van der Waals surface area (Å²) in [6, 6.07) is 9.00. The average molecular weight is 383 g/mol. The van der Waals surface area contributed by atoms with Crippen molar-refractivity contribution in [2.45, 2.75) is 45.8 Å². The van der Waals surface area contributed by atoms with Crippen LogP contribution in [0.3, 0.4) is 0 Å². The van der Waals surface area contributed by atoms with E-state index in [0.29, 0.717) is 5.56 Å². The van der Waals surface area contributed by atoms with E-state index in [2.05, 4.69) is 45.8 Å². The minimum absolute atomic E-state index is 0.223. The number of hydrogen-bond donors (Lipinski definition) is 0. The van der Waals surface area contributed by atoms with E-state index in [4.69, 9.17) is 13.0 Å². The number of hydrogen-bond acceptors (Lipinski definition) is 4. The van der Waals surface area contributed by atoms with Crippen LogP contribution >= 0.6 is 0 Å². The van der Waals surface area contributed by atoms with Crippen molar-refractivity contribution >= 4 is 31.2 Å². The summed E-state index contributed by atoms with van der Waals surface area (Å²) in [5.41, 5.74) is 2.56. The van der Waals surface area contributed by atoms with Crippen LogP contribution in [0.1, 0.15) is 10.4 Å². The highest BCUT2D eigenvalue weighted by Gasteiger charge is 2.38. The van der Waals surface area contributed by atoms with Gasteiger partial charge in [0.05, 0.1) is 5.56 Å². The van der Waals surface area contributed by atoms with Crippen molar-refractivity contribution in [1.82, 2.24) is 0 Å². The number of carbonyl (C=O) groups is 1. The molecule has 0 aliphatic rings. The van der Waals surface area contributed by atoms with E-state index in [0.717, 1.165) is 0 Å². The zero-order valence-corrected chi connectivity index (χ0v) is 18.9. The summed E-state index contributed by atoms with van der Waals surface area (Å²) in [6.45, 7) is 15.3. The maximum Gasteiger partial charge on any atom is 0.341 e. The molecule has 0 atom stereocenters. The largest absolute Gasteiger partial charge is 0.458 e. The van der Waals surface area contributed by atoms with Crippen molar-refractivity contribution < 1.29 is 17.8 Å². The zero-order valence-electron chi connectivity index (χ0n) is 15.9. The van der Waals surface area contributed by atoms with E-state index in [-0.39, 0.29) is 12.6 Å². The SMILES string of the molecule is C[Si](C)(C)O[Si](C)(/C=C/COC(=O)c1ccccc1)O[Si](C)(C)C. The Bertz CT molecular complexity index is 543. The molecule has 7 heteroatoms. The summed E-state index contributed by atoms with van der Waals surface area (Å²) in [4.78, 5) is 11.9. The van der Waals surface area contributed by atoms with Gasteiger partial charge in [0.1, 0.15) is 6.61 Å². The number of benzene rings is 1. The topological polar surface area (TPSA) is 44.8 Å². The van der Waals surface area contributed by atoms with Gasteiger partial charge in [0.25, 0.3) is 0 Å². The van der Waals surface area contributed by atoms with Crippen molar-refractivity contribution in [2.75, 3.05) is 6.61 Å². The van der Waals surface area contributed by atoms with Gasteiger partial charge in [-0.05, 0) is 63.7 Å². The molecular weight excluding hydrogens is 352 g/mol. The van der Waals surface area contributed by atoms with Gasteiger partial charge in [0.15, 0.2) is 16.6 Å². The molecule has 0 saturated heterocycles. The highest BCUT2D eigenvalue weighted by atomic mass is 28.5. The van der Waals surface area contributed by atoms with E-state index in [1.807, 2.05) is 30.0 Å². The molecule has 0 saturated carbocycles. The van der Waals surface area contributed by atoms with Crippen LogP contribution in [0.4, 0.5) is 0 Å². The predicted octanol–water partition coefficient (Wildman–Crippen LogP) is 4.71. The smallest absolute Gasteiger partial charge is 0.341 e. The number of esters is 1. The Morgan fingerprint density at radius 2 is 1.42 bits per heavy atom. The third-order valence-electron chi connectivity index (χ3n) is 2.76. The standard InChI is InChI=1S/C17H30O4Si3/c1-22(2,3)20-24(7,21-23(4,5)6)15-11-14-19-17(18)16-12-9-8-10-13-16/h8-13,15H,14H2,1-7H3/b15-11+. The predicted molar refractivity (Wildman–Crippen MR) is 106 cm³/mol. The fourth-order valence-corrected chi connectivity index (χ4v) is 13.7. The molecule has 0 radical (unpaired) electrons. The molecule has 0 aliphatic heterocycles. The average Bonchev–Trinajstić information content (AvgIpc) is 2.40. The molecule has 4 nitrogen and oxygen atoms in total. The molecule has 0 N–H and O–H groups in total. The first-order valence-electron chi connectivity index (χ1n) is 8.20. The van der Waals surface area contributed by atoms with Crippen LogP contribution in [0, 0.1) is 0 Å². The van der Waals surface area contributed by atoms with Gasteiger partial charge in [-0.25, -0.2) is 4.79 Å². The van der Waals surface area contributed by atoms with Gasteiger partial charge in [-0.3, -0.25) is 0 Å². The van der Waals surface area contributed by atoms with E-state index >= 15 is 0 Å². The highest BCUT2D eigenvalue weighted by molar-refractivity contribution is 6.89. The lowest BCUT2D eigenvalue weighted by atomic mass is 10.2. The fraction of sp³-hybridized carbons (Fsp3) is 0.471. The second-order valence-corrected chi connectivity index (χ2v) is 20.3. The van der Waals surface area contributed by atoms with E-state index in [1.165, 1.54) is 0 Å². The Hall–Kier alpha value is -0.999. The molecule has 24 heavy (non-hydrogen) atoms. The molecule has 0 spiro atoms. The molecule has 1 aromatic carbocycles. The molecule has 0 amide bonds. The van der Waals surface area contributed by atoms with Crippen molar-refractivity contribution in [2.24, 2.45) is 0 Å². The molecule has 0 fully saturated rings. The Kier molecular flexibility index (Phi) is 7.36. The lowest BCUT2D eigenvalue weighted by Gasteiger charge is -2.36. The monoisotopic (exact) mass is 382 g/mol. The summed E-state index contributed by atoms with van der Waals surface area (Å²) in [5, 5.41) is 0. The first-order valence-corrected chi connectivity index (χ1v) is 17.4. The zero-order chi connectivity index (χ0) is 18.4. The van der Waals surface area contributed by atoms with Crippen LogP contribution in [0.15, 0.2) is 42.1 Å². The molecular formula is C17H30O4Si3. The maximum absolute atomic E-state index is 11.9. The number of rotatable bonds is 8. The van der Waals surface area contributed by atoms with E-state index in [9.17, 15) is 4.79 Å². The molecule has 1 rings (SSSR count). The Morgan fingerprint density at radius 3 is 1.88 bits per heavy atom. The van der Waals surface area contributed by atoms with Crippen LogP contribution < -0.4 is 0 Å². The third kappa shape index (κ3) is 8.74. The molecule has 0 heterocycles. The van der Waals surface area contributed by atoms with Crippen molar-refractivity contribution in [3.05, 3.63) is 47.7 Å². The quantitative estimate of drug-likeness (QED) is 0.482. The summed E-state index contributed by atoms with van der Waals surface area (Å²) >= 11 is 0. The van der Waals surface area contributed by atoms with Gasteiger partial charge in [0, 0.05) is 0 Å². The van der Waals surface area contributed by atoms with Crippen LogP contribution in [0.2, 0.25) is 45.8 Å². The summed E-state index contributed by atoms with van der Waals surface area (Å²) < 4.78 is 18.0. The molecule has 0 unspecified atom stereocenters. The van der Waals surface area contributed by atoms with Crippen LogP contribution in [0.25, 0.3) is 0 Å². The van der Waals surface area contributed by atoms with Crippen molar-refractivity contribution in [3.8, 4) is 0 Å². The highest BCUT2D eigenvalue weighted by Crippen LogP contribution is 2.21. The summed E-state index contributed by atoms with van der Waals surface area (Å²) in [7, 11) is -5.87. The number of carbonyl (C=O) groups excluding carboxylic acids is 1. The normalized spacial score (nSPS) is 13.3. The summed E-state index contributed by atoms with van der Waals surface area (Å²) in [5.74, 6) is -0.319. The lowest BCUT2D eigenvalue weighted by molar-refractivity contribution is 0.0549. The Morgan fingerprint density at radius 1 is 0.917 bits per heavy atom. The second-order valence-electron chi connectivity index (χ2n) is 7.81.